The molecule has 0 aliphatic carbocycles. The highest BCUT2D eigenvalue weighted by Gasteiger charge is 2.17. The SMILES string of the molecule is COCCCn1c(=S)[nH]c2cc(C(=O)Nc3ccccc3N3CCOCC3)ccc2c1=O. The number of hydrogen-bond acceptors (Lipinski definition) is 6. The average Bonchev–Trinajstić information content (AvgIpc) is 2.82. The van der Waals surface area contributed by atoms with Crippen molar-refractivity contribution in [2.45, 2.75) is 13.0 Å². The number of hydrogen-bond donors (Lipinski definition) is 2. The number of para-hydroxylation sites is 2. The van der Waals surface area contributed by atoms with Gasteiger partial charge in [-0.1, -0.05) is 12.1 Å². The number of carbonyl (C=O) groups is 1. The molecule has 1 aliphatic rings. The van der Waals surface area contributed by atoms with Crippen molar-refractivity contribution in [3.8, 4) is 0 Å². The first-order valence-electron chi connectivity index (χ1n) is 10.6. The molecule has 9 heteroatoms. The smallest absolute Gasteiger partial charge is 0.262 e. The fourth-order valence-electron chi connectivity index (χ4n) is 3.82. The number of fused-ring (bicyclic) bond motifs is 1. The molecule has 0 saturated carbocycles. The van der Waals surface area contributed by atoms with E-state index in [4.69, 9.17) is 21.7 Å². The Morgan fingerprint density at radius 1 is 1.22 bits per heavy atom. The number of rotatable bonds is 7. The first-order chi connectivity index (χ1) is 15.6. The summed E-state index contributed by atoms with van der Waals surface area (Å²) in [5.74, 6) is -0.254. The van der Waals surface area contributed by atoms with Gasteiger partial charge in [-0.3, -0.25) is 14.2 Å². The second kappa shape index (κ2) is 10.1. The zero-order chi connectivity index (χ0) is 22.5. The first-order valence-corrected chi connectivity index (χ1v) is 11.0. The number of ether oxygens (including phenoxy) is 2. The molecule has 1 fully saturated rings. The Labute approximate surface area is 190 Å². The Balaban J connectivity index is 1.59. The van der Waals surface area contributed by atoms with Crippen molar-refractivity contribution in [1.82, 2.24) is 9.55 Å². The lowest BCUT2D eigenvalue weighted by Crippen LogP contribution is -2.36. The van der Waals surface area contributed by atoms with E-state index in [1.165, 1.54) is 4.57 Å². The molecule has 2 heterocycles. The van der Waals surface area contributed by atoms with Crippen LogP contribution in [0.4, 0.5) is 11.4 Å². The second-order valence-corrected chi connectivity index (χ2v) is 7.95. The number of methoxy groups -OCH3 is 1. The molecule has 0 unspecified atom stereocenters. The lowest BCUT2D eigenvalue weighted by molar-refractivity contribution is 0.102. The van der Waals surface area contributed by atoms with Crippen molar-refractivity contribution < 1.29 is 14.3 Å². The van der Waals surface area contributed by atoms with Crippen LogP contribution in [0.15, 0.2) is 47.3 Å². The van der Waals surface area contributed by atoms with Gasteiger partial charge in [-0.15, -0.1) is 0 Å². The van der Waals surface area contributed by atoms with E-state index in [2.05, 4.69) is 15.2 Å². The first kappa shape index (κ1) is 22.2. The topological polar surface area (TPSA) is 88.6 Å². The monoisotopic (exact) mass is 454 g/mol. The predicted molar refractivity (Wildman–Crippen MR) is 127 cm³/mol. The summed E-state index contributed by atoms with van der Waals surface area (Å²) in [5, 5.41) is 3.49. The number of nitrogens with zero attached hydrogens (tertiary/aromatic N) is 2. The van der Waals surface area contributed by atoms with Crippen molar-refractivity contribution in [2.24, 2.45) is 0 Å². The van der Waals surface area contributed by atoms with Crippen LogP contribution in [0.5, 0.6) is 0 Å². The zero-order valence-electron chi connectivity index (χ0n) is 17.9. The molecule has 32 heavy (non-hydrogen) atoms. The number of H-pyrrole nitrogens is 1. The number of benzene rings is 2. The second-order valence-electron chi connectivity index (χ2n) is 7.56. The third-order valence-corrected chi connectivity index (χ3v) is 5.80. The van der Waals surface area contributed by atoms with Gasteiger partial charge in [-0.2, -0.15) is 0 Å². The molecule has 8 nitrogen and oxygen atoms in total. The maximum Gasteiger partial charge on any atom is 0.262 e. The van der Waals surface area contributed by atoms with Gasteiger partial charge in [0.15, 0.2) is 4.77 Å². The van der Waals surface area contributed by atoms with Gasteiger partial charge in [0.25, 0.3) is 11.5 Å². The molecular weight excluding hydrogens is 428 g/mol. The van der Waals surface area contributed by atoms with Crippen LogP contribution in [0.1, 0.15) is 16.8 Å². The van der Waals surface area contributed by atoms with Crippen LogP contribution in [-0.4, -0.2) is 55.5 Å². The van der Waals surface area contributed by atoms with Gasteiger partial charge < -0.3 is 24.7 Å². The van der Waals surface area contributed by atoms with Crippen LogP contribution < -0.4 is 15.8 Å². The molecule has 0 atom stereocenters. The maximum atomic E-state index is 13.0. The standard InChI is InChI=1S/C23H26N4O4S/c1-30-12-4-9-27-22(29)17-8-7-16(15-19(17)25-23(27)32)21(28)24-18-5-2-3-6-20(18)26-10-13-31-14-11-26/h2-3,5-8,15H,4,9-14H2,1H3,(H,24,28)(H,25,32). The summed E-state index contributed by atoms with van der Waals surface area (Å²) in [5.41, 5.74) is 2.50. The van der Waals surface area contributed by atoms with Crippen LogP contribution in [0.2, 0.25) is 0 Å². The third-order valence-electron chi connectivity index (χ3n) is 5.48. The molecule has 2 N–H and O–H groups in total. The summed E-state index contributed by atoms with van der Waals surface area (Å²) in [4.78, 5) is 31.1. The molecule has 0 radical (unpaired) electrons. The van der Waals surface area contributed by atoms with Crippen LogP contribution in [0.25, 0.3) is 10.9 Å². The van der Waals surface area contributed by atoms with Gasteiger partial charge in [0, 0.05) is 38.9 Å². The van der Waals surface area contributed by atoms with Crippen molar-refractivity contribution in [1.29, 1.82) is 0 Å². The highest BCUT2D eigenvalue weighted by Crippen LogP contribution is 2.27. The quantitative estimate of drug-likeness (QED) is 0.421. The number of anilines is 2. The van der Waals surface area contributed by atoms with Crippen molar-refractivity contribution in [2.75, 3.05) is 50.2 Å². The van der Waals surface area contributed by atoms with Crippen molar-refractivity contribution in [3.05, 3.63) is 63.2 Å². The largest absolute Gasteiger partial charge is 0.385 e. The summed E-state index contributed by atoms with van der Waals surface area (Å²) >= 11 is 5.37. The normalized spacial score (nSPS) is 14.0. The number of aromatic amines is 1. The molecule has 1 saturated heterocycles. The summed E-state index contributed by atoms with van der Waals surface area (Å²) in [7, 11) is 1.62. The van der Waals surface area contributed by atoms with Crippen LogP contribution >= 0.6 is 12.2 Å². The van der Waals surface area contributed by atoms with Crippen molar-refractivity contribution >= 4 is 40.4 Å². The highest BCUT2D eigenvalue weighted by atomic mass is 32.1. The van der Waals surface area contributed by atoms with Gasteiger partial charge in [-0.25, -0.2) is 0 Å². The zero-order valence-corrected chi connectivity index (χ0v) is 18.7. The molecular formula is C23H26N4O4S. The minimum Gasteiger partial charge on any atom is -0.385 e. The predicted octanol–water partition coefficient (Wildman–Crippen LogP) is 3.18. The van der Waals surface area contributed by atoms with Crippen LogP contribution in [0, 0.1) is 4.77 Å². The van der Waals surface area contributed by atoms with E-state index >= 15 is 0 Å². The number of carbonyl (C=O) groups excluding carboxylic acids is 1. The lowest BCUT2D eigenvalue weighted by Gasteiger charge is -2.30. The minimum atomic E-state index is -0.254. The van der Waals surface area contributed by atoms with Crippen LogP contribution in [-0.2, 0) is 16.0 Å². The van der Waals surface area contributed by atoms with E-state index in [9.17, 15) is 9.59 Å². The summed E-state index contributed by atoms with van der Waals surface area (Å²) < 4.78 is 12.3. The third kappa shape index (κ3) is 4.74. The Hall–Kier alpha value is -3.01. The Morgan fingerprint density at radius 2 is 2.00 bits per heavy atom. The summed E-state index contributed by atoms with van der Waals surface area (Å²) in [6.07, 6.45) is 0.683. The highest BCUT2D eigenvalue weighted by molar-refractivity contribution is 7.71. The summed E-state index contributed by atoms with van der Waals surface area (Å²) in [6, 6.07) is 12.7. The minimum absolute atomic E-state index is 0.176. The molecule has 1 aromatic heterocycles. The molecule has 4 rings (SSSR count). The Bertz CT molecular complexity index is 1230. The van der Waals surface area contributed by atoms with E-state index in [1.54, 1.807) is 25.3 Å². The summed E-state index contributed by atoms with van der Waals surface area (Å²) in [6.45, 7) is 3.89. The molecule has 1 aliphatic heterocycles. The lowest BCUT2D eigenvalue weighted by atomic mass is 10.1. The average molecular weight is 455 g/mol. The fourth-order valence-corrected chi connectivity index (χ4v) is 4.10. The number of nitrogens with one attached hydrogen (secondary N) is 2. The van der Waals surface area contributed by atoms with E-state index in [1.807, 2.05) is 24.3 Å². The molecule has 0 spiro atoms. The van der Waals surface area contributed by atoms with Crippen LogP contribution in [0.3, 0.4) is 0 Å². The van der Waals surface area contributed by atoms with Gasteiger partial charge >= 0.3 is 0 Å². The molecule has 0 bridgehead atoms. The maximum absolute atomic E-state index is 13.0. The fraction of sp³-hybridized carbons (Fsp3) is 0.348. The molecule has 2 aromatic carbocycles. The van der Waals surface area contributed by atoms with Gasteiger partial charge in [-0.05, 0) is 49.0 Å². The Kier molecular flexibility index (Phi) is 6.99. The van der Waals surface area contributed by atoms with Crippen molar-refractivity contribution in [3.63, 3.8) is 0 Å². The number of morpholine rings is 1. The van der Waals surface area contributed by atoms with E-state index in [0.717, 1.165) is 24.5 Å². The van der Waals surface area contributed by atoms with E-state index < -0.39 is 0 Å². The Morgan fingerprint density at radius 3 is 2.78 bits per heavy atom. The molecule has 3 aromatic rings. The van der Waals surface area contributed by atoms with Gasteiger partial charge in [0.1, 0.15) is 0 Å². The number of aromatic nitrogens is 2. The van der Waals surface area contributed by atoms with Gasteiger partial charge in [0.2, 0.25) is 0 Å². The van der Waals surface area contributed by atoms with E-state index in [-0.39, 0.29) is 11.5 Å². The van der Waals surface area contributed by atoms with E-state index in [0.29, 0.717) is 54.0 Å². The molecule has 168 valence electrons. The van der Waals surface area contributed by atoms with Gasteiger partial charge in [0.05, 0.1) is 35.5 Å². The number of amides is 1. The molecule has 1 amide bonds.